The summed E-state index contributed by atoms with van der Waals surface area (Å²) in [4.78, 5) is -0.0955. The smallest absolute Gasteiger partial charge is 0.188 e. The van der Waals surface area contributed by atoms with Crippen LogP contribution in [0.15, 0.2) is 41.3 Å². The summed E-state index contributed by atoms with van der Waals surface area (Å²) in [5.74, 6) is -2.19. The first-order chi connectivity index (χ1) is 13.3. The van der Waals surface area contributed by atoms with Crippen molar-refractivity contribution in [1.29, 1.82) is 0 Å². The fourth-order valence-electron chi connectivity index (χ4n) is 3.18. The van der Waals surface area contributed by atoms with Crippen molar-refractivity contribution in [2.75, 3.05) is 13.2 Å². The van der Waals surface area contributed by atoms with E-state index in [4.69, 9.17) is 26.2 Å². The van der Waals surface area contributed by atoms with Gasteiger partial charge in [0.1, 0.15) is 23.8 Å². The highest BCUT2D eigenvalue weighted by atomic mass is 35.5. The number of hydrogen-bond donors (Lipinski definition) is 1. The summed E-state index contributed by atoms with van der Waals surface area (Å²) >= 11 is 5.83. The summed E-state index contributed by atoms with van der Waals surface area (Å²) in [5.41, 5.74) is -0.401. The molecular weight excluding hydrogens is 414 g/mol. The van der Waals surface area contributed by atoms with Crippen LogP contribution in [0.3, 0.4) is 0 Å². The minimum Gasteiger partial charge on any atom is -0.487 e. The van der Waals surface area contributed by atoms with E-state index in [0.717, 1.165) is 12.1 Å². The molecule has 9 heteroatoms. The molecule has 2 aromatic carbocycles. The van der Waals surface area contributed by atoms with Crippen LogP contribution in [0.5, 0.6) is 5.75 Å². The Bertz CT molecular complexity index is 950. The Labute approximate surface area is 166 Å². The van der Waals surface area contributed by atoms with Crippen LogP contribution in [-0.2, 0) is 14.6 Å². The molecular formula is C19H19ClF2O5S. The number of sulfone groups is 1. The average Bonchev–Trinajstić information content (AvgIpc) is 2.65. The molecule has 0 saturated carbocycles. The van der Waals surface area contributed by atoms with Gasteiger partial charge >= 0.3 is 0 Å². The summed E-state index contributed by atoms with van der Waals surface area (Å²) in [7, 11) is -4.17. The van der Waals surface area contributed by atoms with Gasteiger partial charge in [-0.2, -0.15) is 0 Å². The first-order valence-corrected chi connectivity index (χ1v) is 10.5. The number of ether oxygens (including phenoxy) is 2. The molecule has 0 bridgehead atoms. The SMILES string of the molecule is CC(CCO)OC1COc2c(F)ccc(F)c2[C@H]1S(=O)(=O)c1ccc(Cl)cc1. The highest BCUT2D eigenvalue weighted by Gasteiger charge is 2.45. The van der Waals surface area contributed by atoms with Crippen LogP contribution < -0.4 is 4.74 Å². The van der Waals surface area contributed by atoms with Crippen LogP contribution in [-0.4, -0.2) is 38.9 Å². The Morgan fingerprint density at radius 1 is 1.21 bits per heavy atom. The zero-order chi connectivity index (χ0) is 20.5. The van der Waals surface area contributed by atoms with Crippen molar-refractivity contribution in [3.05, 3.63) is 58.6 Å². The Kier molecular flexibility index (Phi) is 6.24. The van der Waals surface area contributed by atoms with Gasteiger partial charge in [-0.15, -0.1) is 0 Å². The maximum atomic E-state index is 14.6. The molecule has 3 atom stereocenters. The fourth-order valence-corrected chi connectivity index (χ4v) is 5.19. The Balaban J connectivity index is 2.13. The number of benzene rings is 2. The van der Waals surface area contributed by atoms with E-state index in [1.807, 2.05) is 0 Å². The monoisotopic (exact) mass is 432 g/mol. The number of hydrogen-bond acceptors (Lipinski definition) is 5. The summed E-state index contributed by atoms with van der Waals surface area (Å²) in [6.07, 6.45) is -1.35. The molecule has 1 N–H and O–H groups in total. The van der Waals surface area contributed by atoms with Gasteiger partial charge in [0.05, 0.1) is 16.6 Å². The highest BCUT2D eigenvalue weighted by molar-refractivity contribution is 7.91. The second-order valence-electron chi connectivity index (χ2n) is 6.50. The van der Waals surface area contributed by atoms with E-state index in [9.17, 15) is 17.2 Å². The molecule has 0 spiro atoms. The maximum absolute atomic E-state index is 14.6. The van der Waals surface area contributed by atoms with E-state index in [1.165, 1.54) is 24.3 Å². The first kappa shape index (κ1) is 21.0. The number of aliphatic hydroxyl groups is 1. The number of rotatable bonds is 6. The van der Waals surface area contributed by atoms with Gasteiger partial charge in [0.2, 0.25) is 0 Å². The van der Waals surface area contributed by atoms with Crippen LogP contribution >= 0.6 is 11.6 Å². The molecule has 5 nitrogen and oxygen atoms in total. The third kappa shape index (κ3) is 4.00. The first-order valence-electron chi connectivity index (χ1n) is 8.62. The number of halogens is 3. The van der Waals surface area contributed by atoms with Crippen molar-refractivity contribution >= 4 is 21.4 Å². The summed E-state index contributed by atoms with van der Waals surface area (Å²) in [5, 5.41) is 7.90. The van der Waals surface area contributed by atoms with Gasteiger partial charge in [0.15, 0.2) is 21.4 Å². The number of aliphatic hydroxyl groups excluding tert-OH is 1. The van der Waals surface area contributed by atoms with Crippen LogP contribution in [0.4, 0.5) is 8.78 Å². The van der Waals surface area contributed by atoms with Gasteiger partial charge in [-0.3, -0.25) is 0 Å². The largest absolute Gasteiger partial charge is 0.487 e. The average molecular weight is 433 g/mol. The van der Waals surface area contributed by atoms with Gasteiger partial charge in [-0.25, -0.2) is 17.2 Å². The third-order valence-electron chi connectivity index (χ3n) is 4.53. The Morgan fingerprint density at radius 3 is 2.50 bits per heavy atom. The zero-order valence-corrected chi connectivity index (χ0v) is 16.5. The molecule has 3 rings (SSSR count). The minimum absolute atomic E-state index is 0.0955. The Hall–Kier alpha value is -1.74. The van der Waals surface area contributed by atoms with Gasteiger partial charge in [-0.05, 0) is 49.7 Å². The van der Waals surface area contributed by atoms with Crippen molar-refractivity contribution in [2.24, 2.45) is 0 Å². The van der Waals surface area contributed by atoms with Crippen molar-refractivity contribution in [3.8, 4) is 5.75 Å². The normalized spacial score (nSPS) is 20.3. The highest BCUT2D eigenvalue weighted by Crippen LogP contribution is 2.44. The fraction of sp³-hybridized carbons (Fsp3) is 0.368. The zero-order valence-electron chi connectivity index (χ0n) is 14.9. The lowest BCUT2D eigenvalue weighted by Crippen LogP contribution is -2.40. The second-order valence-corrected chi connectivity index (χ2v) is 9.01. The molecule has 2 unspecified atom stereocenters. The molecule has 0 fully saturated rings. The number of fused-ring (bicyclic) bond motifs is 1. The lowest BCUT2D eigenvalue weighted by atomic mass is 10.0. The van der Waals surface area contributed by atoms with Gasteiger partial charge in [0, 0.05) is 11.6 Å². The van der Waals surface area contributed by atoms with Gasteiger partial charge in [-0.1, -0.05) is 11.6 Å². The molecule has 28 heavy (non-hydrogen) atoms. The lowest BCUT2D eigenvalue weighted by Gasteiger charge is -2.35. The van der Waals surface area contributed by atoms with E-state index in [1.54, 1.807) is 6.92 Å². The molecule has 1 heterocycles. The molecule has 2 aromatic rings. The minimum atomic E-state index is -4.17. The van der Waals surface area contributed by atoms with E-state index < -0.39 is 50.2 Å². The van der Waals surface area contributed by atoms with E-state index in [-0.39, 0.29) is 24.5 Å². The van der Waals surface area contributed by atoms with Crippen LogP contribution in [0.1, 0.15) is 24.2 Å². The van der Waals surface area contributed by atoms with Crippen LogP contribution in [0.25, 0.3) is 0 Å². The molecule has 152 valence electrons. The molecule has 1 aliphatic rings. The molecule has 0 saturated heterocycles. The maximum Gasteiger partial charge on any atom is 0.188 e. The van der Waals surface area contributed by atoms with E-state index in [0.29, 0.717) is 5.02 Å². The molecule has 0 radical (unpaired) electrons. The predicted octanol–water partition coefficient (Wildman–Crippen LogP) is 3.68. The molecule has 0 aliphatic carbocycles. The molecule has 0 aromatic heterocycles. The standard InChI is InChI=1S/C19H19ClF2O5S/c1-11(8-9-23)27-16-10-26-18-15(22)7-6-14(21)17(18)19(16)28(24,25)13-4-2-12(20)3-5-13/h2-7,11,16,19,23H,8-10H2,1H3/t11?,16?,19-/m0/s1. The summed E-state index contributed by atoms with van der Waals surface area (Å²) < 4.78 is 66.6. The van der Waals surface area contributed by atoms with E-state index in [2.05, 4.69) is 0 Å². The third-order valence-corrected chi connectivity index (χ3v) is 6.92. The predicted molar refractivity (Wildman–Crippen MR) is 99.3 cm³/mol. The van der Waals surface area contributed by atoms with Gasteiger partial charge in [0.25, 0.3) is 0 Å². The van der Waals surface area contributed by atoms with E-state index >= 15 is 0 Å². The quantitative estimate of drug-likeness (QED) is 0.753. The van der Waals surface area contributed by atoms with Crippen molar-refractivity contribution < 1.29 is 31.8 Å². The second kappa shape index (κ2) is 8.32. The lowest BCUT2D eigenvalue weighted by molar-refractivity contribution is -0.0442. The topological polar surface area (TPSA) is 72.8 Å². The van der Waals surface area contributed by atoms with Crippen LogP contribution in [0, 0.1) is 11.6 Å². The summed E-state index contributed by atoms with van der Waals surface area (Å²) in [6, 6.07) is 7.16. The molecule has 1 aliphatic heterocycles. The van der Waals surface area contributed by atoms with Crippen molar-refractivity contribution in [2.45, 2.75) is 35.7 Å². The molecule has 0 amide bonds. The van der Waals surface area contributed by atoms with Crippen molar-refractivity contribution in [3.63, 3.8) is 0 Å². The summed E-state index contributed by atoms with van der Waals surface area (Å²) in [6.45, 7) is 1.21. The Morgan fingerprint density at radius 2 is 1.86 bits per heavy atom. The van der Waals surface area contributed by atoms with Crippen molar-refractivity contribution in [1.82, 2.24) is 0 Å². The van der Waals surface area contributed by atoms with Crippen LogP contribution in [0.2, 0.25) is 5.02 Å². The van der Waals surface area contributed by atoms with Gasteiger partial charge < -0.3 is 14.6 Å².